The van der Waals surface area contributed by atoms with Crippen LogP contribution >= 0.6 is 12.2 Å². The summed E-state index contributed by atoms with van der Waals surface area (Å²) in [6.07, 6.45) is 0.504. The molecule has 2 rings (SSSR count). The maximum Gasteiger partial charge on any atom is 0.248 e. The van der Waals surface area contributed by atoms with Crippen LogP contribution in [-0.2, 0) is 14.4 Å². The fraction of sp³-hybridized carbons (Fsp3) is 0.231. The van der Waals surface area contributed by atoms with Crippen LogP contribution in [0.2, 0.25) is 0 Å². The van der Waals surface area contributed by atoms with Crippen molar-refractivity contribution in [2.45, 2.75) is 6.04 Å². The number of benzene rings is 1. The summed E-state index contributed by atoms with van der Waals surface area (Å²) in [6.45, 7) is 0.00956. The van der Waals surface area contributed by atoms with Crippen molar-refractivity contribution in [2.75, 3.05) is 19.0 Å². The van der Waals surface area contributed by atoms with Gasteiger partial charge in [-0.05, 0) is 29.9 Å². The molecule has 1 unspecified atom stereocenters. The van der Waals surface area contributed by atoms with Gasteiger partial charge in [0.25, 0.3) is 0 Å². The van der Waals surface area contributed by atoms with Crippen molar-refractivity contribution in [3.8, 4) is 0 Å². The number of carbonyl (C=O) groups is 3. The van der Waals surface area contributed by atoms with Crippen molar-refractivity contribution in [1.29, 1.82) is 0 Å². The van der Waals surface area contributed by atoms with Crippen LogP contribution in [0.3, 0.4) is 0 Å². The van der Waals surface area contributed by atoms with E-state index in [4.69, 9.17) is 18.0 Å². The van der Waals surface area contributed by atoms with Gasteiger partial charge in [0, 0.05) is 7.05 Å². The molecule has 22 heavy (non-hydrogen) atoms. The van der Waals surface area contributed by atoms with Gasteiger partial charge < -0.3 is 10.6 Å². The minimum Gasteiger partial charge on any atom is -0.368 e. The van der Waals surface area contributed by atoms with Crippen LogP contribution in [0.25, 0.3) is 0 Å². The highest BCUT2D eigenvalue weighted by Crippen LogP contribution is 2.26. The van der Waals surface area contributed by atoms with Gasteiger partial charge in [0.15, 0.2) is 5.11 Å². The molecular formula is C13H15N5O3S. The van der Waals surface area contributed by atoms with Gasteiger partial charge in [-0.1, -0.05) is 12.1 Å². The van der Waals surface area contributed by atoms with Crippen molar-refractivity contribution < 1.29 is 14.4 Å². The lowest BCUT2D eigenvalue weighted by Gasteiger charge is -2.26. The van der Waals surface area contributed by atoms with E-state index in [-0.39, 0.29) is 17.6 Å². The molecule has 0 radical (unpaired) electrons. The topological polar surface area (TPSA) is 108 Å². The SMILES string of the molecule is CN1C(=O)CN(C(C(N)=O)c2ccc(NNC=O)cc2)C1=S. The Bertz CT molecular complexity index is 619. The summed E-state index contributed by atoms with van der Waals surface area (Å²) in [5.74, 6) is -0.790. The van der Waals surface area contributed by atoms with Crippen molar-refractivity contribution in [3.63, 3.8) is 0 Å². The number of anilines is 1. The highest BCUT2D eigenvalue weighted by molar-refractivity contribution is 7.80. The van der Waals surface area contributed by atoms with E-state index in [1.807, 2.05) is 0 Å². The molecule has 1 atom stereocenters. The molecule has 8 nitrogen and oxygen atoms in total. The van der Waals surface area contributed by atoms with E-state index < -0.39 is 11.9 Å². The molecule has 4 N–H and O–H groups in total. The van der Waals surface area contributed by atoms with Crippen molar-refractivity contribution >= 4 is 41.2 Å². The summed E-state index contributed by atoms with van der Waals surface area (Å²) in [5, 5.41) is 0.263. The monoisotopic (exact) mass is 321 g/mol. The van der Waals surface area contributed by atoms with E-state index in [0.717, 1.165) is 0 Å². The average Bonchev–Trinajstić information content (AvgIpc) is 2.74. The predicted octanol–water partition coefficient (Wildman–Crippen LogP) is -0.655. The number of hydrogen-bond acceptors (Lipinski definition) is 5. The fourth-order valence-corrected chi connectivity index (χ4v) is 2.45. The van der Waals surface area contributed by atoms with Crippen molar-refractivity contribution in [3.05, 3.63) is 29.8 Å². The molecule has 1 aliphatic heterocycles. The van der Waals surface area contributed by atoms with E-state index >= 15 is 0 Å². The first-order valence-electron chi connectivity index (χ1n) is 6.37. The second-order valence-electron chi connectivity index (χ2n) is 4.68. The zero-order valence-corrected chi connectivity index (χ0v) is 12.6. The van der Waals surface area contributed by atoms with Crippen LogP contribution in [0.15, 0.2) is 24.3 Å². The van der Waals surface area contributed by atoms with Gasteiger partial charge in [-0.25, -0.2) is 0 Å². The number of amides is 3. The molecule has 0 aliphatic carbocycles. The molecule has 0 aromatic heterocycles. The summed E-state index contributed by atoms with van der Waals surface area (Å²) in [7, 11) is 1.56. The number of hydrogen-bond donors (Lipinski definition) is 3. The molecule has 0 bridgehead atoms. The van der Waals surface area contributed by atoms with Crippen LogP contribution in [-0.4, -0.2) is 46.7 Å². The molecule has 9 heteroatoms. The first-order chi connectivity index (χ1) is 10.5. The van der Waals surface area contributed by atoms with Gasteiger partial charge in [0.2, 0.25) is 18.2 Å². The largest absolute Gasteiger partial charge is 0.368 e. The van der Waals surface area contributed by atoms with Crippen LogP contribution < -0.4 is 16.6 Å². The molecule has 1 saturated heterocycles. The maximum atomic E-state index is 11.8. The average molecular weight is 321 g/mol. The molecule has 116 valence electrons. The predicted molar refractivity (Wildman–Crippen MR) is 83.3 cm³/mol. The van der Waals surface area contributed by atoms with Gasteiger partial charge >= 0.3 is 0 Å². The van der Waals surface area contributed by atoms with Crippen LogP contribution in [0.1, 0.15) is 11.6 Å². The Morgan fingerprint density at radius 1 is 1.41 bits per heavy atom. The minimum absolute atomic E-state index is 0.00956. The molecular weight excluding hydrogens is 306 g/mol. The quantitative estimate of drug-likeness (QED) is 0.365. The molecule has 1 fully saturated rings. The molecule has 1 aromatic carbocycles. The summed E-state index contributed by atoms with van der Waals surface area (Å²) >= 11 is 5.18. The third kappa shape index (κ3) is 2.98. The molecule has 1 aromatic rings. The number of primary amides is 1. The Balaban J connectivity index is 2.25. The lowest BCUT2D eigenvalue weighted by molar-refractivity contribution is -0.125. The van der Waals surface area contributed by atoms with Crippen molar-refractivity contribution in [1.82, 2.24) is 15.2 Å². The molecule has 0 spiro atoms. The summed E-state index contributed by atoms with van der Waals surface area (Å²) in [5.41, 5.74) is 11.7. The standard InChI is InChI=1S/C13H15N5O3S/c1-17-10(20)6-18(13(17)22)11(12(14)21)8-2-4-9(5-3-8)16-15-7-19/h2-5,7,11,16H,6H2,1H3,(H2,14,21)(H,15,19). The van der Waals surface area contributed by atoms with Crippen LogP contribution in [0.5, 0.6) is 0 Å². The zero-order chi connectivity index (χ0) is 16.3. The van der Waals surface area contributed by atoms with Crippen LogP contribution in [0.4, 0.5) is 5.69 Å². The third-order valence-corrected chi connectivity index (χ3v) is 3.80. The Morgan fingerprint density at radius 2 is 2.05 bits per heavy atom. The van der Waals surface area contributed by atoms with Crippen LogP contribution in [0, 0.1) is 0 Å². The summed E-state index contributed by atoms with van der Waals surface area (Å²) in [4.78, 5) is 36.6. The summed E-state index contributed by atoms with van der Waals surface area (Å²) < 4.78 is 0. The molecule has 0 saturated carbocycles. The summed E-state index contributed by atoms with van der Waals surface area (Å²) in [6, 6.07) is 5.87. The lowest BCUT2D eigenvalue weighted by Crippen LogP contribution is -2.40. The fourth-order valence-electron chi connectivity index (χ4n) is 2.18. The number of carbonyl (C=O) groups excluding carboxylic acids is 3. The van der Waals surface area contributed by atoms with Gasteiger partial charge in [-0.3, -0.25) is 30.1 Å². The van der Waals surface area contributed by atoms with E-state index in [0.29, 0.717) is 17.7 Å². The Hall–Kier alpha value is -2.68. The second-order valence-corrected chi connectivity index (χ2v) is 5.04. The van der Waals surface area contributed by atoms with Gasteiger partial charge in [-0.15, -0.1) is 0 Å². The smallest absolute Gasteiger partial charge is 0.248 e. The van der Waals surface area contributed by atoms with Gasteiger partial charge in [-0.2, -0.15) is 0 Å². The minimum atomic E-state index is -0.825. The molecule has 1 heterocycles. The van der Waals surface area contributed by atoms with E-state index in [1.165, 1.54) is 9.80 Å². The highest BCUT2D eigenvalue weighted by Gasteiger charge is 2.37. The highest BCUT2D eigenvalue weighted by atomic mass is 32.1. The first kappa shape index (κ1) is 15.7. The Kier molecular flexibility index (Phi) is 4.56. The zero-order valence-electron chi connectivity index (χ0n) is 11.8. The van der Waals surface area contributed by atoms with E-state index in [2.05, 4.69) is 10.9 Å². The van der Waals surface area contributed by atoms with E-state index in [9.17, 15) is 14.4 Å². The van der Waals surface area contributed by atoms with Crippen molar-refractivity contribution in [2.24, 2.45) is 5.73 Å². The number of nitrogens with one attached hydrogen (secondary N) is 2. The molecule has 3 amide bonds. The number of thiocarbonyl (C=S) groups is 1. The Morgan fingerprint density at radius 3 is 2.50 bits per heavy atom. The Labute approximate surface area is 132 Å². The number of hydrazine groups is 1. The van der Waals surface area contributed by atoms with Gasteiger partial charge in [0.1, 0.15) is 12.6 Å². The lowest BCUT2D eigenvalue weighted by atomic mass is 10.0. The first-order valence-corrected chi connectivity index (χ1v) is 6.78. The number of rotatable bonds is 6. The number of likely N-dealkylation sites (N-methyl/N-ethyl adjacent to an activating group) is 1. The van der Waals surface area contributed by atoms with Gasteiger partial charge in [0.05, 0.1) is 5.69 Å². The normalized spacial score (nSPS) is 15.7. The number of nitrogens with zero attached hydrogens (tertiary/aromatic N) is 2. The molecule has 1 aliphatic rings. The van der Waals surface area contributed by atoms with E-state index in [1.54, 1.807) is 31.3 Å². The third-order valence-electron chi connectivity index (χ3n) is 3.30. The number of nitrogens with two attached hydrogens (primary N) is 1. The maximum absolute atomic E-state index is 11.8. The second kappa shape index (κ2) is 6.39.